The van der Waals surface area contributed by atoms with Gasteiger partial charge in [0, 0.05) is 0 Å². The number of thiol groups is 1. The minimum absolute atomic E-state index is 2.23. The van der Waals surface area contributed by atoms with Gasteiger partial charge in [0.15, 0.2) is 7.85 Å². The third kappa shape index (κ3) is 1.94. The van der Waals surface area contributed by atoms with Crippen LogP contribution in [0.5, 0.6) is 0 Å². The Hall–Kier alpha value is 0.135. The highest BCUT2D eigenvalue weighted by molar-refractivity contribution is 7.81. The maximum Gasteiger partial charge on any atom is 0.343 e. The van der Waals surface area contributed by atoms with Crippen molar-refractivity contribution in [1.29, 1.82) is 0 Å². The topological polar surface area (TPSA) is 0 Å². The lowest BCUT2D eigenvalue weighted by Gasteiger charge is -2.16. The van der Waals surface area contributed by atoms with E-state index in [0.29, 0.717) is 0 Å². The summed E-state index contributed by atoms with van der Waals surface area (Å²) in [5.41, 5.74) is 0. The maximum atomic E-state index is 11.2. The van der Waals surface area contributed by atoms with Crippen molar-refractivity contribution < 1.29 is 17.6 Å². The van der Waals surface area contributed by atoms with Gasteiger partial charge in [-0.1, -0.05) is 0 Å². The minimum atomic E-state index is -4.53. The summed E-state index contributed by atoms with van der Waals surface area (Å²) in [5, 5.41) is -4.42. The van der Waals surface area contributed by atoms with E-state index >= 15 is 0 Å². The van der Waals surface area contributed by atoms with Gasteiger partial charge in [0.2, 0.25) is 0 Å². The second-order valence-corrected chi connectivity index (χ2v) is 1.73. The molecule has 0 unspecified atom stereocenters. The van der Waals surface area contributed by atoms with E-state index in [9.17, 15) is 17.6 Å². The summed E-state index contributed by atoms with van der Waals surface area (Å²) in [6.07, 6.45) is 0. The molecule has 0 rings (SSSR count). The summed E-state index contributed by atoms with van der Waals surface area (Å²) in [7, 11) is 3.65. The molecule has 0 spiro atoms. The Kier molecular flexibility index (Phi) is 1.85. The molecule has 8 heavy (non-hydrogen) atoms. The summed E-state index contributed by atoms with van der Waals surface area (Å²) in [4.78, 5) is 0. The van der Waals surface area contributed by atoms with Gasteiger partial charge in [0.25, 0.3) is 5.82 Å². The molecule has 0 atom stereocenters. The standard InChI is InChI=1S/C2HBF4S/c3-1(4,5)2(6,7)8/h8H. The lowest BCUT2D eigenvalue weighted by atomic mass is 10.00. The van der Waals surface area contributed by atoms with E-state index in [4.69, 9.17) is 0 Å². The van der Waals surface area contributed by atoms with Gasteiger partial charge in [-0.3, -0.25) is 0 Å². The molecule has 0 aromatic carbocycles. The highest BCUT2D eigenvalue weighted by Crippen LogP contribution is 2.33. The van der Waals surface area contributed by atoms with E-state index < -0.39 is 11.1 Å². The number of hydrogen-bond acceptors (Lipinski definition) is 1. The monoisotopic (exact) mass is 144 g/mol. The van der Waals surface area contributed by atoms with Crippen LogP contribution in [0.4, 0.5) is 17.6 Å². The molecule has 0 nitrogen and oxygen atoms in total. The van der Waals surface area contributed by atoms with Crippen molar-refractivity contribution in [2.75, 3.05) is 0 Å². The molecule has 0 aliphatic carbocycles. The van der Waals surface area contributed by atoms with Crippen molar-refractivity contribution >= 4 is 20.5 Å². The average molecular weight is 144 g/mol. The minimum Gasteiger partial charge on any atom is -0.212 e. The number of rotatable bonds is 1. The maximum absolute atomic E-state index is 11.2. The summed E-state index contributed by atoms with van der Waals surface area (Å²) in [6, 6.07) is 0. The van der Waals surface area contributed by atoms with Crippen LogP contribution in [0.2, 0.25) is 0 Å². The van der Waals surface area contributed by atoms with Crippen LogP contribution >= 0.6 is 12.6 Å². The molecule has 6 heteroatoms. The highest BCUT2D eigenvalue weighted by Gasteiger charge is 2.47. The highest BCUT2D eigenvalue weighted by atomic mass is 32.1. The lowest BCUT2D eigenvalue weighted by Crippen LogP contribution is -2.35. The number of hydrogen-bond donors (Lipinski definition) is 1. The fraction of sp³-hybridized carbons (Fsp3) is 1.00. The molecule has 0 amide bonds. The Labute approximate surface area is 50.1 Å². The Morgan fingerprint density at radius 3 is 1.25 bits per heavy atom. The fourth-order valence-electron chi connectivity index (χ4n) is 0. The summed E-state index contributed by atoms with van der Waals surface area (Å²) < 4.78 is 44.8. The summed E-state index contributed by atoms with van der Waals surface area (Å²) in [6.45, 7) is 0. The molecule has 0 saturated carbocycles. The van der Waals surface area contributed by atoms with Crippen LogP contribution in [0.1, 0.15) is 0 Å². The van der Waals surface area contributed by atoms with Crippen molar-refractivity contribution in [2.45, 2.75) is 11.1 Å². The van der Waals surface area contributed by atoms with E-state index in [1.165, 1.54) is 0 Å². The SMILES string of the molecule is [B]C(F)(F)C(F)(F)S. The van der Waals surface area contributed by atoms with E-state index in [0.717, 1.165) is 0 Å². The first-order valence-corrected chi connectivity index (χ1v) is 1.97. The van der Waals surface area contributed by atoms with Gasteiger partial charge in [-0.15, -0.1) is 12.6 Å². The zero-order chi connectivity index (χ0) is 7.00. The van der Waals surface area contributed by atoms with Crippen LogP contribution in [-0.4, -0.2) is 18.9 Å². The van der Waals surface area contributed by atoms with Crippen molar-refractivity contribution in [1.82, 2.24) is 0 Å². The molecule has 2 radical (unpaired) electrons. The van der Waals surface area contributed by atoms with Gasteiger partial charge >= 0.3 is 5.25 Å². The molecule has 0 N–H and O–H groups in total. The smallest absolute Gasteiger partial charge is 0.212 e. The van der Waals surface area contributed by atoms with Crippen LogP contribution in [0.3, 0.4) is 0 Å². The van der Waals surface area contributed by atoms with Crippen LogP contribution in [-0.2, 0) is 0 Å². The van der Waals surface area contributed by atoms with Gasteiger partial charge < -0.3 is 0 Å². The predicted molar refractivity (Wildman–Crippen MR) is 24.6 cm³/mol. The van der Waals surface area contributed by atoms with Crippen molar-refractivity contribution in [3.05, 3.63) is 0 Å². The Morgan fingerprint density at radius 1 is 1.12 bits per heavy atom. The number of alkyl halides is 4. The first kappa shape index (κ1) is 8.13. The number of halogens is 4. The average Bonchev–Trinajstić information content (AvgIpc) is 1.25. The zero-order valence-electron chi connectivity index (χ0n) is 3.54. The Morgan fingerprint density at radius 2 is 1.25 bits per heavy atom. The molecule has 0 fully saturated rings. The van der Waals surface area contributed by atoms with Gasteiger partial charge in [0.05, 0.1) is 0 Å². The van der Waals surface area contributed by atoms with Crippen molar-refractivity contribution in [3.8, 4) is 0 Å². The quantitative estimate of drug-likeness (QED) is 0.319. The largest absolute Gasteiger partial charge is 0.343 e. The molecule has 0 bridgehead atoms. The van der Waals surface area contributed by atoms with Gasteiger partial charge in [-0.2, -0.15) is 8.78 Å². The molecule has 0 saturated heterocycles. The molecule has 0 aliphatic rings. The van der Waals surface area contributed by atoms with Gasteiger partial charge in [-0.25, -0.2) is 8.78 Å². The molecule has 0 aliphatic heterocycles. The molecule has 0 aromatic heterocycles. The molecular formula is C2HBF4S. The first-order valence-electron chi connectivity index (χ1n) is 1.52. The van der Waals surface area contributed by atoms with Crippen molar-refractivity contribution in [2.24, 2.45) is 0 Å². The second kappa shape index (κ2) is 1.82. The third-order valence-electron chi connectivity index (χ3n) is 0.401. The second-order valence-electron chi connectivity index (χ2n) is 1.16. The Balaban J connectivity index is 4.02. The third-order valence-corrected chi connectivity index (χ3v) is 0.699. The summed E-state index contributed by atoms with van der Waals surface area (Å²) >= 11 is 2.23. The van der Waals surface area contributed by atoms with Gasteiger partial charge in [0.1, 0.15) is 0 Å². The van der Waals surface area contributed by atoms with E-state index in [1.807, 2.05) is 0 Å². The lowest BCUT2D eigenvalue weighted by molar-refractivity contribution is -0.0888. The fourth-order valence-corrected chi connectivity index (χ4v) is 0. The van der Waals surface area contributed by atoms with Gasteiger partial charge in [-0.05, 0) is 0 Å². The molecule has 46 valence electrons. The van der Waals surface area contributed by atoms with Crippen LogP contribution in [0.15, 0.2) is 0 Å². The van der Waals surface area contributed by atoms with E-state index in [2.05, 4.69) is 20.5 Å². The predicted octanol–water partition coefficient (Wildman–Crippen LogP) is 1.27. The Bertz CT molecular complexity index is 69.0. The molecule has 0 aromatic rings. The molecular weight excluding hydrogens is 143 g/mol. The molecule has 0 heterocycles. The zero-order valence-corrected chi connectivity index (χ0v) is 4.43. The van der Waals surface area contributed by atoms with Crippen LogP contribution in [0, 0.1) is 0 Å². The summed E-state index contributed by atoms with van der Waals surface area (Å²) in [5.74, 6) is -4.53. The van der Waals surface area contributed by atoms with E-state index in [1.54, 1.807) is 0 Å². The van der Waals surface area contributed by atoms with Crippen LogP contribution in [0.25, 0.3) is 0 Å². The van der Waals surface area contributed by atoms with Crippen molar-refractivity contribution in [3.63, 3.8) is 0 Å². The van der Waals surface area contributed by atoms with Crippen LogP contribution < -0.4 is 0 Å². The normalized spacial score (nSPS) is 14.1. The van der Waals surface area contributed by atoms with E-state index in [-0.39, 0.29) is 0 Å². The first-order chi connectivity index (χ1) is 3.25.